The molecule has 89 heavy (non-hydrogen) atoms. The summed E-state index contributed by atoms with van der Waals surface area (Å²) in [5, 5.41) is 46.2. The van der Waals surface area contributed by atoms with Gasteiger partial charge in [0.15, 0.2) is 0 Å². The first-order chi connectivity index (χ1) is 42.3. The van der Waals surface area contributed by atoms with E-state index < -0.39 is 80.9 Å². The van der Waals surface area contributed by atoms with Gasteiger partial charge in [0.1, 0.15) is 63.5 Å². The Morgan fingerprint density at radius 3 is 1.56 bits per heavy atom. The summed E-state index contributed by atoms with van der Waals surface area (Å²) in [7, 11) is -2.09. The van der Waals surface area contributed by atoms with Crippen LogP contribution in [0.2, 0.25) is 13.6 Å². The zero-order chi connectivity index (χ0) is 65.7. The van der Waals surface area contributed by atoms with E-state index >= 15 is 0 Å². The number of rotatable bonds is 14. The van der Waals surface area contributed by atoms with Crippen molar-refractivity contribution in [2.75, 3.05) is 74.9 Å². The largest absolute Gasteiger partial charge is 0.481 e. The molecule has 0 radical (unpaired) electrons. The number of amides is 3. The van der Waals surface area contributed by atoms with Crippen LogP contribution >= 0.6 is 11.6 Å². The zero-order valence-electron chi connectivity index (χ0n) is 49.0. The van der Waals surface area contributed by atoms with Gasteiger partial charge in [-0.15, -0.1) is 0 Å². The molecule has 9 rings (SSSR count). The molecule has 476 valence electrons. The van der Waals surface area contributed by atoms with E-state index in [-0.39, 0.29) is 88.6 Å². The number of allylic oxidation sites excluding steroid dienone is 3. The van der Waals surface area contributed by atoms with Crippen LogP contribution < -0.4 is 26.6 Å². The summed E-state index contributed by atoms with van der Waals surface area (Å²) in [6.07, 6.45) is 1.41. The third-order valence-electron chi connectivity index (χ3n) is 13.8. The van der Waals surface area contributed by atoms with E-state index in [0.29, 0.717) is 56.1 Å². The minimum atomic E-state index is -3.59. The number of carbonyl (C=O) groups is 3. The predicted molar refractivity (Wildman–Crippen MR) is 323 cm³/mol. The van der Waals surface area contributed by atoms with E-state index in [1.165, 1.54) is 18.0 Å². The molecule has 32 heteroatoms. The molecule has 3 saturated heterocycles. The van der Waals surface area contributed by atoms with E-state index in [1.807, 2.05) is 17.9 Å². The first kappa shape index (κ1) is 71.7. The molecule has 0 saturated carbocycles. The monoisotopic (exact) mass is 1280 g/mol. The minimum absolute atomic E-state index is 0.00646. The predicted octanol–water partition coefficient (Wildman–Crippen LogP) is 5.98. The summed E-state index contributed by atoms with van der Waals surface area (Å²) in [4.78, 5) is 43.0. The number of piperazine rings is 3. The van der Waals surface area contributed by atoms with Gasteiger partial charge in [0.05, 0.1) is 35.7 Å². The number of aliphatic hydroxyl groups excluding tert-OH is 1. The maximum atomic E-state index is 13.5. The van der Waals surface area contributed by atoms with Crippen LogP contribution in [0, 0.1) is 51.1 Å². The quantitative estimate of drug-likeness (QED) is 0.0304. The third-order valence-corrected chi connectivity index (χ3v) is 16.0. The summed E-state index contributed by atoms with van der Waals surface area (Å²) in [6.45, 7) is 12.2. The molecule has 4 aromatic carbocycles. The maximum absolute atomic E-state index is 13.5. The molecule has 6 atom stereocenters. The molecule has 5 aliphatic heterocycles. The molecule has 4 aromatic rings. The maximum Gasteiger partial charge on any atom is 0.293 e. The SMILES string of the molecule is CB=O.CB=O.CC(O)C1CNCCN1/C(C=N)=C(\Cl)C(=O)Nc1cc(F)cc(F)c1.CC1OC(C(=O)Nc2cc(F)cc(F)c2)=C(C=N)N2CCN(S(=O)(=O)Cc3ccccc3)CC12.CC1OC(C(=O)Nc2cc(F)cc(F)c2)=C(C=N)N2CCNCC12. The fraction of sp³-hybridized carbons (Fsp3) is 0.368. The number of hydrogen-bond donors (Lipinski definition) is 9. The molecule has 5 heterocycles. The fourth-order valence-electron chi connectivity index (χ4n) is 9.89. The Hall–Kier alpha value is -8.09. The van der Waals surface area contributed by atoms with Gasteiger partial charge in [-0.1, -0.05) is 41.9 Å². The number of carbonyl (C=O) groups excluding carboxylic acids is 3. The molecule has 0 bridgehead atoms. The van der Waals surface area contributed by atoms with Gasteiger partial charge >= 0.3 is 37.4 Å². The van der Waals surface area contributed by atoms with Crippen molar-refractivity contribution in [2.45, 2.75) is 76.6 Å². The smallest absolute Gasteiger partial charge is 0.293 e. The Kier molecular flexibility index (Phi) is 27.4. The minimum Gasteiger partial charge on any atom is -0.481 e. The first-order valence-electron chi connectivity index (χ1n) is 27.6. The van der Waals surface area contributed by atoms with Crippen LogP contribution in [0.25, 0.3) is 0 Å². The number of nitrogens with zero attached hydrogens (tertiary/aromatic N) is 4. The number of nitrogens with one attached hydrogen (secondary N) is 8. The topological polar surface area (TPSA) is 303 Å². The molecule has 0 aromatic heterocycles. The second-order valence-corrected chi connectivity index (χ2v) is 22.4. The number of benzene rings is 4. The van der Waals surface area contributed by atoms with Crippen molar-refractivity contribution in [3.05, 3.63) is 159 Å². The van der Waals surface area contributed by atoms with Crippen LogP contribution in [0.5, 0.6) is 0 Å². The van der Waals surface area contributed by atoms with Crippen molar-refractivity contribution in [1.82, 2.24) is 29.6 Å². The molecular formula is C57H67B2ClF6N12O10S. The number of hydrogen-bond acceptors (Lipinski definition) is 18. The second kappa shape index (κ2) is 34.0. The normalized spacial score (nSPS) is 20.1. The second-order valence-electron chi connectivity index (χ2n) is 20.0. The third kappa shape index (κ3) is 20.0. The number of ether oxygens (including phenoxy) is 2. The van der Waals surface area contributed by atoms with E-state index in [0.717, 1.165) is 82.0 Å². The van der Waals surface area contributed by atoms with Crippen molar-refractivity contribution in [1.29, 1.82) is 16.2 Å². The van der Waals surface area contributed by atoms with E-state index in [4.69, 9.17) is 46.7 Å². The van der Waals surface area contributed by atoms with Gasteiger partial charge in [0, 0.05) is 113 Å². The number of fused-ring (bicyclic) bond motifs is 2. The molecule has 9 N–H and O–H groups in total. The van der Waals surface area contributed by atoms with Gasteiger partial charge in [-0.3, -0.25) is 14.4 Å². The molecule has 5 aliphatic rings. The van der Waals surface area contributed by atoms with Crippen LogP contribution in [0.15, 0.2) is 119 Å². The van der Waals surface area contributed by atoms with Gasteiger partial charge in [-0.2, -0.15) is 4.31 Å². The standard InChI is InChI=1S/C23H24F2N4O4S.C16H19ClF2N4O2.C16H18F2N4O2.2CH3BO/c1-15-21-13-28(34(31,32)14-16-5-3-2-4-6-16)7-8-29(21)20(12-26)22(33-15)23(30)27-19-10-17(24)9-18(25)11-19;1-9(24)14-8-21-2-3-23(14)13(7-20)15(17)16(25)22-12-5-10(18)4-11(19)6-12;1-9-14-8-20-2-3-22(14)13(7-19)15(24-9)16(23)21-12-5-10(17)4-11(18)6-12;2*1-2-3/h2-6,9-12,15,21,26H,7-8,13-14H2,1H3,(H,27,30);4-7,9,14,20-21,24H,2-3,8H2,1H3,(H,22,25);4-7,9,14,19-20H,2-3,8H2,1H3,(H,21,23);2*1H3/b;15-13-,20-7?;;;. The van der Waals surface area contributed by atoms with Crippen LogP contribution in [-0.2, 0) is 49.0 Å². The van der Waals surface area contributed by atoms with Crippen LogP contribution in [0.3, 0.4) is 0 Å². The van der Waals surface area contributed by atoms with Crippen LogP contribution in [0.1, 0.15) is 26.3 Å². The first-order valence-corrected chi connectivity index (χ1v) is 29.6. The number of sulfonamides is 1. The van der Waals surface area contributed by atoms with Crippen LogP contribution in [0.4, 0.5) is 43.4 Å². The Balaban J connectivity index is 0.000000236. The fourth-order valence-corrected chi connectivity index (χ4v) is 11.6. The number of anilines is 3. The Morgan fingerprint density at radius 1 is 0.685 bits per heavy atom. The molecule has 3 amide bonds. The van der Waals surface area contributed by atoms with Gasteiger partial charge in [-0.05, 0) is 62.7 Å². The summed E-state index contributed by atoms with van der Waals surface area (Å²) < 4.78 is 136. The van der Waals surface area contributed by atoms with Crippen molar-refractivity contribution >= 4 is 89.4 Å². The molecular weight excluding hydrogens is 1220 g/mol. The van der Waals surface area contributed by atoms with Crippen molar-refractivity contribution < 1.29 is 73.1 Å². The van der Waals surface area contributed by atoms with Crippen molar-refractivity contribution in [2.24, 2.45) is 0 Å². The Labute approximate surface area is 516 Å². The van der Waals surface area contributed by atoms with E-state index in [2.05, 4.69) is 26.6 Å². The summed E-state index contributed by atoms with van der Waals surface area (Å²) in [6, 6.07) is 16.1. The summed E-state index contributed by atoms with van der Waals surface area (Å²) in [5.41, 5.74) is 1.18. The summed E-state index contributed by atoms with van der Waals surface area (Å²) in [5.74, 6) is -7.42. The Bertz CT molecular complexity index is 3370. The number of aliphatic hydroxyl groups is 1. The molecule has 0 aliphatic carbocycles. The number of halogens is 7. The van der Waals surface area contributed by atoms with Gasteiger partial charge in [0.2, 0.25) is 21.5 Å². The average Bonchev–Trinajstić information content (AvgIpc) is 1.19. The summed E-state index contributed by atoms with van der Waals surface area (Å²) >= 11 is 6.12. The Morgan fingerprint density at radius 2 is 1.11 bits per heavy atom. The van der Waals surface area contributed by atoms with E-state index in [9.17, 15) is 54.3 Å². The van der Waals surface area contributed by atoms with Crippen LogP contribution in [-0.4, -0.2) is 179 Å². The van der Waals surface area contributed by atoms with Crippen molar-refractivity contribution in [3.63, 3.8) is 0 Å². The van der Waals surface area contributed by atoms with Gasteiger partial charge in [-0.25, -0.2) is 34.8 Å². The van der Waals surface area contributed by atoms with Crippen molar-refractivity contribution in [3.8, 4) is 0 Å². The molecule has 22 nitrogen and oxygen atoms in total. The van der Waals surface area contributed by atoms with Gasteiger partial charge < -0.3 is 72.1 Å². The average molecular weight is 1280 g/mol. The van der Waals surface area contributed by atoms with Gasteiger partial charge in [0.25, 0.3) is 17.7 Å². The zero-order valence-corrected chi connectivity index (χ0v) is 50.5. The molecule has 3 fully saturated rings. The van der Waals surface area contributed by atoms with E-state index in [1.54, 1.807) is 47.9 Å². The molecule has 6 unspecified atom stereocenters. The molecule has 0 spiro atoms.